The fourth-order valence-corrected chi connectivity index (χ4v) is 10.6. The first-order chi connectivity index (χ1) is 33.3. The van der Waals surface area contributed by atoms with Crippen LogP contribution in [0.25, 0.3) is 83.6 Å². The molecule has 0 saturated carbocycles. The largest absolute Gasteiger partial charge is 0.501 e. The molecule has 363 valence electrons. The maximum absolute atomic E-state index is 6.77. The van der Waals surface area contributed by atoms with Crippen LogP contribution in [0.15, 0.2) is 162 Å². The number of furan rings is 1. The summed E-state index contributed by atoms with van der Waals surface area (Å²) >= 11 is 0. The first kappa shape index (κ1) is 51.2. The predicted octanol–water partition coefficient (Wildman–Crippen LogP) is 17.7. The van der Waals surface area contributed by atoms with E-state index in [1.165, 1.54) is 49.8 Å². The average Bonchev–Trinajstić information content (AvgIpc) is 3.92. The van der Waals surface area contributed by atoms with E-state index in [0.717, 1.165) is 61.2 Å². The van der Waals surface area contributed by atoms with Crippen LogP contribution in [0.5, 0.6) is 0 Å². The zero-order chi connectivity index (χ0) is 49.7. The molecule has 3 heterocycles. The average molecular weight is 1130 g/mol. The minimum atomic E-state index is -1.40. The number of rotatable bonds is 8. The Hall–Kier alpha value is -6.17. The Labute approximate surface area is 437 Å². The molecule has 0 saturated heterocycles. The molecule has 0 N–H and O–H groups in total. The van der Waals surface area contributed by atoms with Gasteiger partial charge < -0.3 is 14.0 Å². The quantitative estimate of drug-likeness (QED) is 0.112. The van der Waals surface area contributed by atoms with Crippen molar-refractivity contribution in [1.29, 1.82) is 0 Å². The molecule has 0 unspecified atom stereocenters. The topological polar surface area (TPSA) is 43.9 Å². The van der Waals surface area contributed by atoms with E-state index in [1.807, 2.05) is 24.4 Å². The molecule has 0 aliphatic rings. The van der Waals surface area contributed by atoms with Crippen molar-refractivity contribution in [3.63, 3.8) is 0 Å². The summed E-state index contributed by atoms with van der Waals surface area (Å²) < 4.78 is 9.15. The molecule has 7 aromatic carbocycles. The summed E-state index contributed by atoms with van der Waals surface area (Å²) in [4.78, 5) is 9.85. The molecule has 0 fully saturated rings. The van der Waals surface area contributed by atoms with E-state index in [0.29, 0.717) is 0 Å². The van der Waals surface area contributed by atoms with Crippen molar-refractivity contribution in [2.24, 2.45) is 0 Å². The Morgan fingerprint density at radius 2 is 1.18 bits per heavy atom. The summed E-state index contributed by atoms with van der Waals surface area (Å²) in [6.45, 7) is 29.8. The molecule has 0 amide bonds. The summed E-state index contributed by atoms with van der Waals surface area (Å²) in [6, 6.07) is 61.2. The molecule has 0 atom stereocenters. The molecule has 0 bridgehead atoms. The van der Waals surface area contributed by atoms with Crippen LogP contribution in [-0.2, 0) is 30.9 Å². The first-order valence-corrected chi connectivity index (χ1v) is 28.4. The van der Waals surface area contributed by atoms with Crippen molar-refractivity contribution in [3.8, 4) is 50.6 Å². The number of hydrogen-bond donors (Lipinski definition) is 0. The summed E-state index contributed by atoms with van der Waals surface area (Å²) in [7, 11) is -1.40. The number of nitrogens with zero attached hydrogens (tertiary/aromatic N) is 3. The molecular formula is C65H67IrN3OSi-2. The monoisotopic (exact) mass is 1130 g/mol. The second-order valence-corrected chi connectivity index (χ2v) is 27.7. The van der Waals surface area contributed by atoms with Crippen LogP contribution in [0.1, 0.15) is 103 Å². The number of aromatic nitrogens is 3. The fraction of sp³-hybridized carbons (Fsp3) is 0.262. The smallest absolute Gasteiger partial charge is 0.121 e. The number of fused-ring (bicyclic) bond motifs is 4. The van der Waals surface area contributed by atoms with Gasteiger partial charge in [0, 0.05) is 37.4 Å². The van der Waals surface area contributed by atoms with Crippen molar-refractivity contribution >= 4 is 46.2 Å². The molecule has 0 spiro atoms. The maximum atomic E-state index is 6.77. The van der Waals surface area contributed by atoms with Crippen molar-refractivity contribution in [2.45, 2.75) is 112 Å². The van der Waals surface area contributed by atoms with Gasteiger partial charge in [-0.15, -0.1) is 53.6 Å². The molecule has 6 heteroatoms. The van der Waals surface area contributed by atoms with Crippen molar-refractivity contribution in [2.75, 3.05) is 0 Å². The third-order valence-electron chi connectivity index (χ3n) is 13.6. The van der Waals surface area contributed by atoms with Gasteiger partial charge in [-0.25, -0.2) is 0 Å². The Balaban J connectivity index is 0.000000271. The molecule has 10 rings (SSSR count). The third-order valence-corrected chi connectivity index (χ3v) is 15.7. The second kappa shape index (κ2) is 20.1. The van der Waals surface area contributed by atoms with Crippen LogP contribution < -0.4 is 5.19 Å². The number of imidazole rings is 1. The minimum absolute atomic E-state index is 0. The maximum Gasteiger partial charge on any atom is 0.121 e. The van der Waals surface area contributed by atoms with Crippen LogP contribution in [0.4, 0.5) is 0 Å². The van der Waals surface area contributed by atoms with Crippen LogP contribution >= 0.6 is 0 Å². The van der Waals surface area contributed by atoms with Gasteiger partial charge in [-0.1, -0.05) is 190 Å². The summed E-state index contributed by atoms with van der Waals surface area (Å²) in [5, 5.41) is 3.64. The van der Waals surface area contributed by atoms with Gasteiger partial charge >= 0.3 is 0 Å². The normalized spacial score (nSPS) is 12.2. The van der Waals surface area contributed by atoms with Gasteiger partial charge in [-0.2, -0.15) is 0 Å². The zero-order valence-corrected chi connectivity index (χ0v) is 47.1. The SMILES string of the molecule is CC(C)(C)c1cc[c-]c(-c2cc(C(C)(C)C)ccn2)c1.CC(C)c1cc(-c2ccc([Si](C)(C)C)cc2)cc(C(C)C)c1-n1c(-c2[c-]ccc3c2oc2cc(-c4ccccc4)ccc23)nc2ccccc21.[Ir]. The number of hydrogen-bond acceptors (Lipinski definition) is 3. The van der Waals surface area contributed by atoms with Gasteiger partial charge in [0.1, 0.15) is 5.58 Å². The fourth-order valence-electron chi connectivity index (χ4n) is 9.41. The van der Waals surface area contributed by atoms with Gasteiger partial charge in [-0.05, 0) is 104 Å². The molecule has 10 aromatic rings. The standard InChI is InChI=1S/C46H43N2OSi.C19H24N.Ir/c1-29(2)39-26-34(32-20-23-35(24-21-32)50(5,6)7)27-40(30(3)4)44(39)48-42-19-12-11-18-41(42)47-46(48)38-17-13-16-37-36-25-22-33(28-43(36)49-45(37)38)31-14-9-8-10-15-31;1-18(2,3)15-9-7-8-14(12-15)17-13-16(10-11-20-17)19(4,5)6;/h8-16,18-30H,1-7H3;7,9-13H,1-6H3;/q2*-1;. The molecule has 71 heavy (non-hydrogen) atoms. The Morgan fingerprint density at radius 3 is 1.83 bits per heavy atom. The van der Waals surface area contributed by atoms with Crippen molar-refractivity contribution in [1.82, 2.24) is 14.5 Å². The van der Waals surface area contributed by atoms with E-state index in [1.54, 1.807) is 0 Å². The molecular weight excluding hydrogens is 1060 g/mol. The van der Waals surface area contributed by atoms with Gasteiger partial charge in [-0.3, -0.25) is 4.98 Å². The van der Waals surface area contributed by atoms with E-state index in [2.05, 4.69) is 244 Å². The van der Waals surface area contributed by atoms with Crippen LogP contribution in [0.3, 0.4) is 0 Å². The third kappa shape index (κ3) is 10.6. The van der Waals surface area contributed by atoms with Gasteiger partial charge in [0.2, 0.25) is 0 Å². The summed E-state index contributed by atoms with van der Waals surface area (Å²) in [6.07, 6.45) is 1.90. The minimum Gasteiger partial charge on any atom is -0.501 e. The van der Waals surface area contributed by atoms with Crippen molar-refractivity contribution < 1.29 is 24.5 Å². The van der Waals surface area contributed by atoms with E-state index in [4.69, 9.17) is 9.40 Å². The Morgan fingerprint density at radius 1 is 0.577 bits per heavy atom. The Kier molecular flexibility index (Phi) is 14.5. The van der Waals surface area contributed by atoms with Crippen molar-refractivity contribution in [3.05, 3.63) is 192 Å². The predicted molar refractivity (Wildman–Crippen MR) is 301 cm³/mol. The summed E-state index contributed by atoms with van der Waals surface area (Å²) in [5.41, 5.74) is 18.2. The molecule has 0 aliphatic carbocycles. The van der Waals surface area contributed by atoms with Crippen LogP contribution in [-0.4, -0.2) is 22.6 Å². The van der Waals surface area contributed by atoms with Gasteiger partial charge in [0.05, 0.1) is 30.5 Å². The molecule has 1 radical (unpaired) electrons. The molecule has 3 aromatic heterocycles. The number of para-hydroxylation sites is 2. The van der Waals surface area contributed by atoms with Crippen LogP contribution in [0.2, 0.25) is 19.6 Å². The second-order valence-electron chi connectivity index (χ2n) is 22.6. The van der Waals surface area contributed by atoms with Gasteiger partial charge in [0.25, 0.3) is 0 Å². The first-order valence-electron chi connectivity index (χ1n) is 24.9. The zero-order valence-electron chi connectivity index (χ0n) is 43.7. The van der Waals surface area contributed by atoms with E-state index in [-0.39, 0.29) is 42.8 Å². The van der Waals surface area contributed by atoms with Crippen LogP contribution in [0, 0.1) is 12.1 Å². The number of pyridine rings is 1. The number of benzene rings is 7. The summed E-state index contributed by atoms with van der Waals surface area (Å²) in [5.74, 6) is 1.40. The molecule has 0 aliphatic heterocycles. The van der Waals surface area contributed by atoms with E-state index in [9.17, 15) is 0 Å². The molecule has 4 nitrogen and oxygen atoms in total. The van der Waals surface area contributed by atoms with Gasteiger partial charge in [0.15, 0.2) is 0 Å². The van der Waals surface area contributed by atoms with E-state index >= 15 is 0 Å². The Bertz CT molecular complexity index is 3400. The van der Waals surface area contributed by atoms with E-state index < -0.39 is 8.07 Å².